The lowest BCUT2D eigenvalue weighted by Crippen LogP contribution is -2.54. The normalized spacial score (nSPS) is 12.4. The summed E-state index contributed by atoms with van der Waals surface area (Å²) in [6.45, 7) is 7.73. The Kier molecular flexibility index (Phi) is 6.36. The largest absolute Gasteiger partial charge is 0.377 e. The zero-order valence-corrected chi connectivity index (χ0v) is 17.9. The first-order chi connectivity index (χ1) is 13.8. The van der Waals surface area contributed by atoms with Gasteiger partial charge in [-0.1, -0.05) is 0 Å². The van der Waals surface area contributed by atoms with E-state index in [0.29, 0.717) is 22.5 Å². The number of carbonyl (C=O) groups is 3. The van der Waals surface area contributed by atoms with Crippen LogP contribution in [0.15, 0.2) is 18.2 Å². The second-order valence-electron chi connectivity index (χ2n) is 7.83. The van der Waals surface area contributed by atoms with Crippen LogP contribution in [0, 0.1) is 26.6 Å². The van der Waals surface area contributed by atoms with Gasteiger partial charge < -0.3 is 26.0 Å². The number of rotatable bonds is 6. The molecule has 0 fully saturated rings. The van der Waals surface area contributed by atoms with Gasteiger partial charge in [0, 0.05) is 18.4 Å². The number of nitrogens with zero attached hydrogens (tertiary/aromatic N) is 1. The summed E-state index contributed by atoms with van der Waals surface area (Å²) >= 11 is 0. The predicted molar refractivity (Wildman–Crippen MR) is 110 cm³/mol. The van der Waals surface area contributed by atoms with Crippen molar-refractivity contribution in [1.29, 1.82) is 0 Å². The van der Waals surface area contributed by atoms with Crippen molar-refractivity contribution < 1.29 is 23.9 Å². The third-order valence-corrected chi connectivity index (χ3v) is 5.19. The quantitative estimate of drug-likeness (QED) is 0.570. The van der Waals surface area contributed by atoms with Gasteiger partial charge in [-0.3, -0.25) is 14.4 Å². The highest BCUT2D eigenvalue weighted by Gasteiger charge is 2.33. The lowest BCUT2D eigenvalue weighted by atomic mass is 10.0. The van der Waals surface area contributed by atoms with E-state index in [1.54, 1.807) is 32.4 Å². The Labute approximate surface area is 174 Å². The summed E-state index contributed by atoms with van der Waals surface area (Å²) in [4.78, 5) is 36.8. The molecule has 5 N–H and O–H groups in total. The number of primary amides is 1. The van der Waals surface area contributed by atoms with Gasteiger partial charge in [0.05, 0.1) is 11.3 Å². The molecule has 1 aromatic heterocycles. The molecule has 0 radical (unpaired) electrons. The number of hydrogen-bond donors (Lipinski definition) is 4. The molecular weight excluding hydrogens is 391 g/mol. The van der Waals surface area contributed by atoms with E-state index in [-0.39, 0.29) is 17.1 Å². The van der Waals surface area contributed by atoms with Gasteiger partial charge in [0.15, 0.2) is 6.10 Å². The number of aliphatic hydroxyl groups is 1. The monoisotopic (exact) mass is 418 g/mol. The van der Waals surface area contributed by atoms with Crippen LogP contribution in [0.25, 0.3) is 0 Å². The maximum absolute atomic E-state index is 13.5. The SMILES string of the molecule is Cc1cc(NC(=O)c2c(C)c(C(O)C(=O)NC(C)(C)C(N)=O)n(C)c2C)ccc1F. The van der Waals surface area contributed by atoms with Crippen molar-refractivity contribution in [2.45, 2.75) is 46.3 Å². The van der Waals surface area contributed by atoms with Crippen molar-refractivity contribution in [3.63, 3.8) is 0 Å². The third kappa shape index (κ3) is 4.35. The maximum Gasteiger partial charge on any atom is 0.257 e. The van der Waals surface area contributed by atoms with Crippen molar-refractivity contribution in [2.75, 3.05) is 5.32 Å². The van der Waals surface area contributed by atoms with Gasteiger partial charge in [-0.15, -0.1) is 0 Å². The first-order valence-electron chi connectivity index (χ1n) is 9.31. The average Bonchev–Trinajstić information content (AvgIpc) is 2.86. The number of benzene rings is 1. The predicted octanol–water partition coefficient (Wildman–Crippen LogP) is 1.76. The van der Waals surface area contributed by atoms with E-state index in [1.165, 1.54) is 32.0 Å². The van der Waals surface area contributed by atoms with Crippen LogP contribution in [0.3, 0.4) is 0 Å². The number of hydrogen-bond acceptors (Lipinski definition) is 4. The van der Waals surface area contributed by atoms with E-state index in [4.69, 9.17) is 5.73 Å². The molecule has 0 aliphatic rings. The minimum absolute atomic E-state index is 0.214. The van der Waals surface area contributed by atoms with Gasteiger partial charge in [-0.05, 0) is 63.9 Å². The third-order valence-electron chi connectivity index (χ3n) is 5.19. The zero-order chi connectivity index (χ0) is 23.0. The number of anilines is 1. The maximum atomic E-state index is 13.5. The Hall–Kier alpha value is -3.20. The number of amides is 3. The van der Waals surface area contributed by atoms with E-state index in [0.717, 1.165) is 0 Å². The second-order valence-corrected chi connectivity index (χ2v) is 7.83. The number of aliphatic hydroxyl groups excluding tert-OH is 1. The Morgan fingerprint density at radius 3 is 2.33 bits per heavy atom. The van der Waals surface area contributed by atoms with Crippen LogP contribution < -0.4 is 16.4 Å². The topological polar surface area (TPSA) is 126 Å². The molecule has 162 valence electrons. The van der Waals surface area contributed by atoms with Crippen molar-refractivity contribution in [3.8, 4) is 0 Å². The molecule has 9 heteroatoms. The van der Waals surface area contributed by atoms with Gasteiger partial charge in [0.25, 0.3) is 11.8 Å². The molecule has 0 saturated carbocycles. The summed E-state index contributed by atoms with van der Waals surface area (Å²) in [5.41, 5.74) is 6.15. The number of halogens is 1. The Balaban J connectivity index is 2.35. The van der Waals surface area contributed by atoms with E-state index >= 15 is 0 Å². The fraction of sp³-hybridized carbons (Fsp3) is 0.381. The number of nitrogens with two attached hydrogens (primary N) is 1. The molecule has 1 atom stereocenters. The molecule has 30 heavy (non-hydrogen) atoms. The molecule has 0 saturated heterocycles. The molecule has 0 aliphatic heterocycles. The van der Waals surface area contributed by atoms with E-state index in [2.05, 4.69) is 10.6 Å². The minimum atomic E-state index is -1.62. The van der Waals surface area contributed by atoms with Crippen molar-refractivity contribution in [3.05, 3.63) is 52.1 Å². The summed E-state index contributed by atoms with van der Waals surface area (Å²) < 4.78 is 15.0. The van der Waals surface area contributed by atoms with E-state index in [1.807, 2.05) is 0 Å². The van der Waals surface area contributed by atoms with Crippen LogP contribution in [0.5, 0.6) is 0 Å². The Morgan fingerprint density at radius 2 is 1.80 bits per heavy atom. The van der Waals surface area contributed by atoms with Crippen LogP contribution in [0.1, 0.15) is 52.8 Å². The number of carbonyl (C=O) groups excluding carboxylic acids is 3. The summed E-state index contributed by atoms with van der Waals surface area (Å²) in [7, 11) is 1.62. The lowest BCUT2D eigenvalue weighted by molar-refractivity contribution is -0.136. The summed E-state index contributed by atoms with van der Waals surface area (Å²) in [5.74, 6) is -2.40. The molecule has 1 aromatic carbocycles. The average molecular weight is 418 g/mol. The standard InChI is InChI=1S/C21H27FN4O4/c1-10-9-13(7-8-14(10)22)24-18(28)15-11(2)16(26(6)12(15)3)17(27)19(29)25-21(4,5)20(23)30/h7-9,17,27H,1-6H3,(H2,23,30)(H,24,28)(H,25,29). The molecule has 0 aliphatic carbocycles. The van der Waals surface area contributed by atoms with Gasteiger partial charge in [0.1, 0.15) is 11.4 Å². The van der Waals surface area contributed by atoms with Crippen LogP contribution in [0.2, 0.25) is 0 Å². The minimum Gasteiger partial charge on any atom is -0.377 e. The fourth-order valence-corrected chi connectivity index (χ4v) is 3.20. The molecule has 0 bridgehead atoms. The summed E-state index contributed by atoms with van der Waals surface area (Å²) in [6, 6.07) is 4.22. The highest BCUT2D eigenvalue weighted by Crippen LogP contribution is 2.28. The van der Waals surface area contributed by atoms with Crippen LogP contribution >= 0.6 is 0 Å². The highest BCUT2D eigenvalue weighted by molar-refractivity contribution is 6.06. The summed E-state index contributed by atoms with van der Waals surface area (Å²) in [5, 5.41) is 15.7. The highest BCUT2D eigenvalue weighted by atomic mass is 19.1. The van der Waals surface area contributed by atoms with Gasteiger partial charge in [-0.25, -0.2) is 4.39 Å². The van der Waals surface area contributed by atoms with Crippen LogP contribution in [0.4, 0.5) is 10.1 Å². The van der Waals surface area contributed by atoms with E-state index in [9.17, 15) is 23.9 Å². The zero-order valence-electron chi connectivity index (χ0n) is 17.9. The number of aromatic nitrogens is 1. The van der Waals surface area contributed by atoms with Gasteiger partial charge in [0.2, 0.25) is 5.91 Å². The molecule has 2 aromatic rings. The van der Waals surface area contributed by atoms with Crippen LogP contribution in [-0.2, 0) is 16.6 Å². The summed E-state index contributed by atoms with van der Waals surface area (Å²) in [6.07, 6.45) is -1.62. The molecule has 0 spiro atoms. The second kappa shape index (κ2) is 8.27. The van der Waals surface area contributed by atoms with Crippen LogP contribution in [-0.4, -0.2) is 32.9 Å². The van der Waals surface area contributed by atoms with Crippen molar-refractivity contribution >= 4 is 23.4 Å². The van der Waals surface area contributed by atoms with Crippen molar-refractivity contribution in [1.82, 2.24) is 9.88 Å². The fourth-order valence-electron chi connectivity index (χ4n) is 3.20. The lowest BCUT2D eigenvalue weighted by Gasteiger charge is -2.24. The molecule has 1 unspecified atom stereocenters. The molecule has 8 nitrogen and oxygen atoms in total. The van der Waals surface area contributed by atoms with Crippen molar-refractivity contribution in [2.24, 2.45) is 12.8 Å². The van der Waals surface area contributed by atoms with Gasteiger partial charge >= 0.3 is 0 Å². The Morgan fingerprint density at radius 1 is 1.20 bits per heavy atom. The first kappa shape index (κ1) is 23.1. The number of nitrogens with one attached hydrogen (secondary N) is 2. The van der Waals surface area contributed by atoms with Gasteiger partial charge in [-0.2, -0.15) is 0 Å². The smallest absolute Gasteiger partial charge is 0.257 e. The molecular formula is C21H27FN4O4. The molecule has 1 heterocycles. The molecule has 3 amide bonds. The number of aryl methyl sites for hydroxylation is 1. The first-order valence-corrected chi connectivity index (χ1v) is 9.31. The molecule has 2 rings (SSSR count). The Bertz CT molecular complexity index is 1030. The van der Waals surface area contributed by atoms with E-state index < -0.39 is 29.4 Å².